The van der Waals surface area contributed by atoms with Crippen molar-refractivity contribution in [1.29, 1.82) is 0 Å². The van der Waals surface area contributed by atoms with Crippen LogP contribution in [-0.4, -0.2) is 19.1 Å². The Morgan fingerprint density at radius 2 is 2.16 bits per heavy atom. The van der Waals surface area contributed by atoms with Gasteiger partial charge in [-0.1, -0.05) is 37.3 Å². The SMILES string of the molecule is CCCCC(=O)NCC#CCOc1ccccc1F. The van der Waals surface area contributed by atoms with Crippen LogP contribution in [0.3, 0.4) is 0 Å². The molecule has 0 aromatic heterocycles. The topological polar surface area (TPSA) is 38.3 Å². The number of carbonyl (C=O) groups excluding carboxylic acids is 1. The van der Waals surface area contributed by atoms with Crippen LogP contribution >= 0.6 is 0 Å². The molecule has 0 aliphatic heterocycles. The number of rotatable bonds is 6. The van der Waals surface area contributed by atoms with Crippen LogP contribution in [0, 0.1) is 17.7 Å². The van der Waals surface area contributed by atoms with Crippen molar-refractivity contribution < 1.29 is 13.9 Å². The molecule has 1 aromatic carbocycles. The van der Waals surface area contributed by atoms with E-state index in [9.17, 15) is 9.18 Å². The van der Waals surface area contributed by atoms with Crippen LogP contribution in [0.1, 0.15) is 26.2 Å². The van der Waals surface area contributed by atoms with Crippen molar-refractivity contribution in [3.63, 3.8) is 0 Å². The molecule has 1 amide bonds. The summed E-state index contributed by atoms with van der Waals surface area (Å²) < 4.78 is 18.3. The van der Waals surface area contributed by atoms with Crippen molar-refractivity contribution in [3.05, 3.63) is 30.1 Å². The lowest BCUT2D eigenvalue weighted by Gasteiger charge is -2.02. The molecule has 0 fully saturated rings. The van der Waals surface area contributed by atoms with Crippen LogP contribution in [0.25, 0.3) is 0 Å². The number of benzene rings is 1. The molecule has 0 atom stereocenters. The number of hydrogen-bond donors (Lipinski definition) is 1. The first-order valence-corrected chi connectivity index (χ1v) is 6.33. The number of para-hydroxylation sites is 1. The van der Waals surface area contributed by atoms with E-state index in [1.165, 1.54) is 6.07 Å². The van der Waals surface area contributed by atoms with Gasteiger partial charge in [0.15, 0.2) is 11.6 Å². The average molecular weight is 263 g/mol. The number of hydrogen-bond acceptors (Lipinski definition) is 2. The zero-order chi connectivity index (χ0) is 13.9. The van der Waals surface area contributed by atoms with Crippen molar-refractivity contribution in [2.75, 3.05) is 13.2 Å². The Balaban J connectivity index is 2.18. The molecule has 1 aromatic rings. The van der Waals surface area contributed by atoms with Crippen molar-refractivity contribution in [2.45, 2.75) is 26.2 Å². The first-order chi connectivity index (χ1) is 9.24. The minimum absolute atomic E-state index is 0.00571. The molecule has 0 unspecified atom stereocenters. The van der Waals surface area contributed by atoms with E-state index in [0.29, 0.717) is 13.0 Å². The third-order valence-electron chi connectivity index (χ3n) is 2.39. The minimum Gasteiger partial charge on any atom is -0.478 e. The lowest BCUT2D eigenvalue weighted by molar-refractivity contribution is -0.120. The molecule has 1 rings (SSSR count). The Bertz CT molecular complexity index is 463. The molecule has 102 valence electrons. The van der Waals surface area contributed by atoms with E-state index in [-0.39, 0.29) is 18.3 Å². The Morgan fingerprint density at radius 1 is 1.37 bits per heavy atom. The van der Waals surface area contributed by atoms with Crippen LogP contribution < -0.4 is 10.1 Å². The number of unbranched alkanes of at least 4 members (excludes halogenated alkanes) is 1. The maximum Gasteiger partial charge on any atom is 0.220 e. The van der Waals surface area contributed by atoms with Crippen molar-refractivity contribution >= 4 is 5.91 Å². The highest BCUT2D eigenvalue weighted by molar-refractivity contribution is 5.76. The maximum absolute atomic E-state index is 13.2. The van der Waals surface area contributed by atoms with E-state index >= 15 is 0 Å². The summed E-state index contributed by atoms with van der Waals surface area (Å²) in [6.45, 7) is 2.43. The van der Waals surface area contributed by atoms with Gasteiger partial charge in [0.25, 0.3) is 0 Å². The van der Waals surface area contributed by atoms with Gasteiger partial charge in [-0.25, -0.2) is 4.39 Å². The van der Waals surface area contributed by atoms with E-state index < -0.39 is 5.82 Å². The second kappa shape index (κ2) is 8.98. The second-order valence-electron chi connectivity index (χ2n) is 3.95. The predicted molar refractivity (Wildman–Crippen MR) is 72.2 cm³/mol. The van der Waals surface area contributed by atoms with Crippen LogP contribution in [0.5, 0.6) is 5.75 Å². The summed E-state index contributed by atoms with van der Waals surface area (Å²) in [5, 5.41) is 2.69. The van der Waals surface area contributed by atoms with E-state index in [4.69, 9.17) is 4.74 Å². The molecule has 19 heavy (non-hydrogen) atoms. The van der Waals surface area contributed by atoms with Gasteiger partial charge in [-0.3, -0.25) is 4.79 Å². The smallest absolute Gasteiger partial charge is 0.220 e. The lowest BCUT2D eigenvalue weighted by atomic mass is 10.2. The Morgan fingerprint density at radius 3 is 2.89 bits per heavy atom. The fraction of sp³-hybridized carbons (Fsp3) is 0.400. The van der Waals surface area contributed by atoms with Gasteiger partial charge in [0.2, 0.25) is 5.91 Å². The molecule has 0 bridgehead atoms. The minimum atomic E-state index is -0.405. The molecule has 0 saturated carbocycles. The van der Waals surface area contributed by atoms with Crippen LogP contribution in [0.4, 0.5) is 4.39 Å². The number of halogens is 1. The molecule has 1 N–H and O–H groups in total. The number of carbonyl (C=O) groups is 1. The summed E-state index contributed by atoms with van der Waals surface area (Å²) in [5.41, 5.74) is 0. The fourth-order valence-electron chi connectivity index (χ4n) is 1.36. The number of ether oxygens (including phenoxy) is 1. The molecule has 0 radical (unpaired) electrons. The zero-order valence-electron chi connectivity index (χ0n) is 11.0. The van der Waals surface area contributed by atoms with Gasteiger partial charge in [-0.2, -0.15) is 0 Å². The van der Waals surface area contributed by atoms with Crippen molar-refractivity contribution in [1.82, 2.24) is 5.32 Å². The molecule has 4 heteroatoms. The molecule has 0 saturated heterocycles. The molecular weight excluding hydrogens is 245 g/mol. The normalized spacial score (nSPS) is 9.37. The van der Waals surface area contributed by atoms with Gasteiger partial charge in [0.1, 0.15) is 6.61 Å². The van der Waals surface area contributed by atoms with Gasteiger partial charge >= 0.3 is 0 Å². The van der Waals surface area contributed by atoms with Gasteiger partial charge in [0.05, 0.1) is 6.54 Å². The standard InChI is InChI=1S/C15H18FNO2/c1-2-3-10-15(18)17-11-6-7-12-19-14-9-5-4-8-13(14)16/h4-5,8-9H,2-3,10-12H2,1H3,(H,17,18). The number of nitrogens with one attached hydrogen (secondary N) is 1. The van der Waals surface area contributed by atoms with Gasteiger partial charge < -0.3 is 10.1 Å². The summed E-state index contributed by atoms with van der Waals surface area (Å²) in [7, 11) is 0. The second-order valence-corrected chi connectivity index (χ2v) is 3.95. The van der Waals surface area contributed by atoms with E-state index in [1.807, 2.05) is 6.92 Å². The average Bonchev–Trinajstić information content (AvgIpc) is 2.42. The first kappa shape index (κ1) is 15.0. The van der Waals surface area contributed by atoms with Gasteiger partial charge in [0, 0.05) is 6.42 Å². The summed E-state index contributed by atoms with van der Waals surface area (Å²) >= 11 is 0. The Kier molecular flexibility index (Phi) is 7.11. The monoisotopic (exact) mass is 263 g/mol. The van der Waals surface area contributed by atoms with Crippen LogP contribution in [-0.2, 0) is 4.79 Å². The summed E-state index contributed by atoms with van der Waals surface area (Å²) in [6, 6.07) is 6.17. The van der Waals surface area contributed by atoms with Gasteiger partial charge in [-0.15, -0.1) is 0 Å². The van der Waals surface area contributed by atoms with Gasteiger partial charge in [-0.05, 0) is 18.6 Å². The molecule has 0 heterocycles. The van der Waals surface area contributed by atoms with E-state index in [0.717, 1.165) is 12.8 Å². The summed E-state index contributed by atoms with van der Waals surface area (Å²) in [4.78, 5) is 11.2. The summed E-state index contributed by atoms with van der Waals surface area (Å²) in [6.07, 6.45) is 2.41. The molecule has 3 nitrogen and oxygen atoms in total. The third kappa shape index (κ3) is 6.46. The highest BCUT2D eigenvalue weighted by Crippen LogP contribution is 2.14. The highest BCUT2D eigenvalue weighted by atomic mass is 19.1. The lowest BCUT2D eigenvalue weighted by Crippen LogP contribution is -2.23. The van der Waals surface area contributed by atoms with E-state index in [1.54, 1.807) is 18.2 Å². The largest absolute Gasteiger partial charge is 0.478 e. The van der Waals surface area contributed by atoms with Crippen molar-refractivity contribution in [2.24, 2.45) is 0 Å². The Labute approximate surface area is 113 Å². The molecular formula is C15H18FNO2. The first-order valence-electron chi connectivity index (χ1n) is 6.33. The number of amides is 1. The predicted octanol–water partition coefficient (Wildman–Crippen LogP) is 2.51. The van der Waals surface area contributed by atoms with Crippen molar-refractivity contribution in [3.8, 4) is 17.6 Å². The van der Waals surface area contributed by atoms with Crippen LogP contribution in [0.15, 0.2) is 24.3 Å². The maximum atomic E-state index is 13.2. The van der Waals surface area contributed by atoms with E-state index in [2.05, 4.69) is 17.2 Å². The molecule has 0 spiro atoms. The zero-order valence-corrected chi connectivity index (χ0v) is 11.0. The quantitative estimate of drug-likeness (QED) is 0.801. The van der Waals surface area contributed by atoms with Crippen LogP contribution in [0.2, 0.25) is 0 Å². The summed E-state index contributed by atoms with van der Waals surface area (Å²) in [5.74, 6) is 5.26. The third-order valence-corrected chi connectivity index (χ3v) is 2.39. The fourth-order valence-corrected chi connectivity index (χ4v) is 1.36. The molecule has 0 aliphatic rings. The highest BCUT2D eigenvalue weighted by Gasteiger charge is 1.99. The Hall–Kier alpha value is -2.02. The molecule has 0 aliphatic carbocycles.